The first kappa shape index (κ1) is 20.3. The molecule has 4 fully saturated rings. The van der Waals surface area contributed by atoms with E-state index in [0.29, 0.717) is 29.1 Å². The summed E-state index contributed by atoms with van der Waals surface area (Å²) in [4.78, 5) is 27.9. The zero-order valence-corrected chi connectivity index (χ0v) is 17.7. The first-order chi connectivity index (χ1) is 15.8. The number of nitrogens with two attached hydrogens (primary N) is 1. The van der Waals surface area contributed by atoms with Gasteiger partial charge in [0.05, 0.1) is 11.6 Å². The summed E-state index contributed by atoms with van der Waals surface area (Å²) >= 11 is 4.77. The SMILES string of the molecule is N[C@]12[C@H]3[C@@H]1CN(c1ncc(C(=O)Nc4ccc(OC(F)(F)Cl)cc4)cc1-c1cncnc1)[C@H]32. The lowest BCUT2D eigenvalue weighted by Gasteiger charge is -2.21. The number of nitrogens with zero attached hydrogens (tertiary/aromatic N) is 4. The van der Waals surface area contributed by atoms with Crippen molar-refractivity contribution in [2.24, 2.45) is 17.6 Å². The number of aromatic nitrogens is 3. The minimum atomic E-state index is -3.81. The number of benzene rings is 1. The Bertz CT molecular complexity index is 1250. The van der Waals surface area contributed by atoms with Gasteiger partial charge in [0.25, 0.3) is 5.91 Å². The van der Waals surface area contributed by atoms with Crippen LogP contribution in [0.15, 0.2) is 55.2 Å². The fourth-order valence-corrected chi connectivity index (χ4v) is 5.06. The number of ether oxygens (including phenoxy) is 1. The third-order valence-electron chi connectivity index (χ3n) is 6.63. The highest BCUT2D eigenvalue weighted by atomic mass is 35.5. The van der Waals surface area contributed by atoms with Crippen LogP contribution in [0.5, 0.6) is 5.75 Å². The molecule has 33 heavy (non-hydrogen) atoms. The van der Waals surface area contributed by atoms with E-state index in [1.54, 1.807) is 18.5 Å². The monoisotopic (exact) mass is 470 g/mol. The maximum absolute atomic E-state index is 12.9. The number of rotatable bonds is 6. The second-order valence-electron chi connectivity index (χ2n) is 8.48. The highest BCUT2D eigenvalue weighted by molar-refractivity contribution is 6.20. The van der Waals surface area contributed by atoms with E-state index in [0.717, 1.165) is 23.5 Å². The Kier molecular flexibility index (Phi) is 4.18. The lowest BCUT2D eigenvalue weighted by atomic mass is 10.1. The zero-order valence-electron chi connectivity index (χ0n) is 17.0. The van der Waals surface area contributed by atoms with Crippen LogP contribution in [0.1, 0.15) is 10.4 Å². The minimum absolute atomic E-state index is 0.0779. The van der Waals surface area contributed by atoms with Gasteiger partial charge in [0.2, 0.25) is 0 Å². The number of halogens is 3. The van der Waals surface area contributed by atoms with Gasteiger partial charge in [-0.2, -0.15) is 0 Å². The Balaban J connectivity index is 1.26. The van der Waals surface area contributed by atoms with Crippen LogP contribution in [0, 0.1) is 11.8 Å². The number of anilines is 2. The fourth-order valence-electron chi connectivity index (χ4n) is 4.97. The summed E-state index contributed by atoms with van der Waals surface area (Å²) in [7, 11) is 0. The number of pyridine rings is 1. The summed E-state index contributed by atoms with van der Waals surface area (Å²) in [6.45, 7) is 0.848. The van der Waals surface area contributed by atoms with Crippen LogP contribution in [0.4, 0.5) is 20.3 Å². The Morgan fingerprint density at radius 1 is 1.24 bits per heavy atom. The van der Waals surface area contributed by atoms with Gasteiger partial charge in [-0.25, -0.2) is 15.0 Å². The van der Waals surface area contributed by atoms with Crippen LogP contribution >= 0.6 is 11.6 Å². The molecule has 4 heterocycles. The van der Waals surface area contributed by atoms with Crippen molar-refractivity contribution in [1.82, 2.24) is 15.0 Å². The molecule has 2 bridgehead atoms. The Labute approximate surface area is 191 Å². The number of nitrogens with one attached hydrogen (secondary N) is 1. The number of alkyl halides is 3. The van der Waals surface area contributed by atoms with E-state index in [4.69, 9.17) is 17.3 Å². The molecule has 4 aliphatic rings. The standard InChI is InChI=1S/C22H17ClF2N6O2/c23-22(24,25)33-14-3-1-13(2-4-14)30-20(32)11-5-15(12-6-27-10-28-7-12)19(29-8-11)31-9-16-17-18(31)21(16,17)26/h1-8,10,16-18H,9,26H2,(H,30,32)/t16-,17-,18+,21-/m0/s1. The van der Waals surface area contributed by atoms with Crippen LogP contribution in [-0.2, 0) is 0 Å². The molecule has 2 saturated carbocycles. The van der Waals surface area contributed by atoms with Gasteiger partial charge in [0.1, 0.15) is 17.9 Å². The quantitative estimate of drug-likeness (QED) is 0.533. The van der Waals surface area contributed by atoms with E-state index in [-0.39, 0.29) is 11.3 Å². The molecular weight excluding hydrogens is 454 g/mol. The van der Waals surface area contributed by atoms with Crippen molar-refractivity contribution >= 4 is 29.0 Å². The molecule has 2 aliphatic carbocycles. The van der Waals surface area contributed by atoms with Crippen LogP contribution in [-0.4, -0.2) is 44.6 Å². The van der Waals surface area contributed by atoms with Crippen LogP contribution in [0.25, 0.3) is 11.1 Å². The summed E-state index contributed by atoms with van der Waals surface area (Å²) in [5.41, 5.74) is 4.71. The molecular formula is C22H17ClF2N6O2. The second-order valence-corrected chi connectivity index (χ2v) is 8.92. The highest BCUT2D eigenvalue weighted by Crippen LogP contribution is 2.77. The Morgan fingerprint density at radius 3 is 2.55 bits per heavy atom. The number of hydrogen-bond donors (Lipinski definition) is 2. The number of piperidine rings is 1. The molecule has 0 unspecified atom stereocenters. The molecule has 2 saturated heterocycles. The van der Waals surface area contributed by atoms with Gasteiger partial charge in [0, 0.05) is 70.9 Å². The van der Waals surface area contributed by atoms with Crippen molar-refractivity contribution in [3.63, 3.8) is 0 Å². The topological polar surface area (TPSA) is 106 Å². The highest BCUT2D eigenvalue weighted by Gasteiger charge is 2.91. The molecule has 2 aromatic heterocycles. The number of carbonyl (C=O) groups is 1. The van der Waals surface area contributed by atoms with Crippen molar-refractivity contribution in [2.75, 3.05) is 16.8 Å². The van der Waals surface area contributed by atoms with E-state index < -0.39 is 11.5 Å². The summed E-state index contributed by atoms with van der Waals surface area (Å²) in [5.74, 6) is 1.27. The normalized spacial score (nSPS) is 26.5. The molecule has 7 rings (SSSR count). The molecule has 4 atom stereocenters. The van der Waals surface area contributed by atoms with Crippen LogP contribution in [0.2, 0.25) is 0 Å². The number of amides is 1. The van der Waals surface area contributed by atoms with Gasteiger partial charge in [-0.1, -0.05) is 0 Å². The van der Waals surface area contributed by atoms with Crippen molar-refractivity contribution in [3.05, 3.63) is 60.8 Å². The maximum Gasteiger partial charge on any atom is 0.487 e. The average Bonchev–Trinajstić information content (AvgIpc) is 3.41. The van der Waals surface area contributed by atoms with E-state index in [2.05, 4.69) is 29.9 Å². The van der Waals surface area contributed by atoms with Crippen molar-refractivity contribution in [3.8, 4) is 16.9 Å². The summed E-state index contributed by atoms with van der Waals surface area (Å²) in [6.07, 6.45) is 6.29. The number of hydrogen-bond acceptors (Lipinski definition) is 7. The third kappa shape index (κ3) is 3.28. The van der Waals surface area contributed by atoms with Crippen LogP contribution in [0.3, 0.4) is 0 Å². The van der Waals surface area contributed by atoms with Crippen molar-refractivity contribution < 1.29 is 18.3 Å². The molecule has 1 aromatic carbocycles. The number of fused-ring (bicyclic) bond motifs is 1. The average molecular weight is 471 g/mol. The van der Waals surface area contributed by atoms with Crippen molar-refractivity contribution in [2.45, 2.75) is 17.1 Å². The third-order valence-corrected chi connectivity index (χ3v) is 6.71. The molecule has 3 aromatic rings. The summed E-state index contributed by atoms with van der Waals surface area (Å²) in [6, 6.07) is 7.47. The molecule has 3 N–H and O–H groups in total. The van der Waals surface area contributed by atoms with Crippen molar-refractivity contribution in [1.29, 1.82) is 0 Å². The lowest BCUT2D eigenvalue weighted by Crippen LogP contribution is -2.29. The van der Waals surface area contributed by atoms with Gasteiger partial charge in [0.15, 0.2) is 0 Å². The zero-order chi connectivity index (χ0) is 23.0. The summed E-state index contributed by atoms with van der Waals surface area (Å²) < 4.78 is 29.8. The lowest BCUT2D eigenvalue weighted by molar-refractivity contribution is -0.0964. The molecule has 0 spiro atoms. The molecule has 168 valence electrons. The smallest absolute Gasteiger partial charge is 0.420 e. The second kappa shape index (κ2) is 6.82. The summed E-state index contributed by atoms with van der Waals surface area (Å²) in [5, 5.41) is 2.72. The Morgan fingerprint density at radius 2 is 1.94 bits per heavy atom. The maximum atomic E-state index is 12.9. The molecule has 8 nitrogen and oxygen atoms in total. The molecule has 2 aliphatic heterocycles. The van der Waals surface area contributed by atoms with Gasteiger partial charge >= 0.3 is 5.57 Å². The molecule has 11 heteroatoms. The fraction of sp³-hybridized carbons (Fsp3) is 0.273. The Hall–Kier alpha value is -3.37. The van der Waals surface area contributed by atoms with E-state index in [1.807, 2.05) is 0 Å². The first-order valence-electron chi connectivity index (χ1n) is 10.2. The van der Waals surface area contributed by atoms with Gasteiger partial charge in [-0.3, -0.25) is 4.79 Å². The van der Waals surface area contributed by atoms with Crippen LogP contribution < -0.4 is 20.7 Å². The predicted molar refractivity (Wildman–Crippen MR) is 116 cm³/mol. The van der Waals surface area contributed by atoms with Gasteiger partial charge < -0.3 is 20.7 Å². The molecule has 1 amide bonds. The van der Waals surface area contributed by atoms with E-state index in [1.165, 1.54) is 36.8 Å². The molecule has 0 radical (unpaired) electrons. The minimum Gasteiger partial charge on any atom is -0.420 e. The first-order valence-corrected chi connectivity index (χ1v) is 10.6. The van der Waals surface area contributed by atoms with E-state index in [9.17, 15) is 13.6 Å². The van der Waals surface area contributed by atoms with Gasteiger partial charge in [-0.05, 0) is 30.3 Å². The van der Waals surface area contributed by atoms with Gasteiger partial charge in [-0.15, -0.1) is 8.78 Å². The van der Waals surface area contributed by atoms with E-state index >= 15 is 0 Å². The largest absolute Gasteiger partial charge is 0.487 e. The number of carbonyl (C=O) groups excluding carboxylic acids is 1. The predicted octanol–water partition coefficient (Wildman–Crippen LogP) is 3.10.